The summed E-state index contributed by atoms with van der Waals surface area (Å²) >= 11 is 16.8. The first kappa shape index (κ1) is 37.3. The Bertz CT molecular complexity index is 990. The van der Waals surface area contributed by atoms with Crippen LogP contribution in [0.4, 0.5) is 26.3 Å². The minimum Gasteiger partial charge on any atom is -0.374 e. The number of alkyl halides is 9. The maximum atomic E-state index is 12.6. The maximum Gasteiger partial charge on any atom is 0.456 e. The Balaban J connectivity index is 0.000000869. The molecule has 1 fully saturated rings. The summed E-state index contributed by atoms with van der Waals surface area (Å²) in [6, 6.07) is 8.39. The fourth-order valence-corrected chi connectivity index (χ4v) is 4.04. The van der Waals surface area contributed by atoms with Gasteiger partial charge in [0.1, 0.15) is 0 Å². The van der Waals surface area contributed by atoms with Gasteiger partial charge in [-0.25, -0.2) is 0 Å². The topological polar surface area (TPSA) is 90.9 Å². The lowest BCUT2D eigenvalue weighted by Gasteiger charge is -2.44. The average Bonchev–Trinajstić information content (AvgIpc) is 2.85. The summed E-state index contributed by atoms with van der Waals surface area (Å²) in [5.74, 6) is -1.58. The summed E-state index contributed by atoms with van der Waals surface area (Å²) in [5, 5.41) is 2.44. The van der Waals surface area contributed by atoms with Crippen molar-refractivity contribution in [2.45, 2.75) is 55.0 Å². The Labute approximate surface area is 245 Å². The van der Waals surface area contributed by atoms with Crippen molar-refractivity contribution in [1.82, 2.24) is 5.32 Å². The van der Waals surface area contributed by atoms with Gasteiger partial charge in [0.15, 0.2) is 12.0 Å². The van der Waals surface area contributed by atoms with Gasteiger partial charge < -0.3 is 24.1 Å². The highest BCUT2D eigenvalue weighted by Crippen LogP contribution is 2.38. The van der Waals surface area contributed by atoms with Gasteiger partial charge in [0.2, 0.25) is 7.00 Å². The van der Waals surface area contributed by atoms with Gasteiger partial charge in [-0.05, 0) is 17.4 Å². The van der Waals surface area contributed by atoms with E-state index in [4.69, 9.17) is 48.8 Å². The molecular weight excluding hydrogens is 655 g/mol. The number of ether oxygens (including phenoxy) is 2. The summed E-state index contributed by atoms with van der Waals surface area (Å²) in [6.07, 6.45) is -11.7. The van der Waals surface area contributed by atoms with E-state index in [2.05, 4.69) is 5.32 Å². The van der Waals surface area contributed by atoms with E-state index in [0.717, 1.165) is 5.56 Å². The van der Waals surface area contributed by atoms with Crippen molar-refractivity contribution in [3.05, 3.63) is 35.9 Å². The molecule has 1 saturated heterocycles. The minimum absolute atomic E-state index is 0.113. The minimum atomic E-state index is -5.06. The number of halogens is 9. The molecule has 1 aromatic rings. The summed E-state index contributed by atoms with van der Waals surface area (Å²) in [4.78, 5) is 33.1. The van der Waals surface area contributed by atoms with E-state index in [1.807, 2.05) is 37.3 Å². The Morgan fingerprint density at radius 2 is 1.60 bits per heavy atom. The van der Waals surface area contributed by atoms with Gasteiger partial charge in [0.05, 0.1) is 34.2 Å². The molecule has 225 valence electrons. The lowest BCUT2D eigenvalue weighted by molar-refractivity contribution is -0.211. The molecule has 2 rings (SSSR count). The highest BCUT2D eigenvalue weighted by atomic mass is 35.6. The zero-order chi connectivity index (χ0) is 30.9. The number of benzene rings is 1. The fourth-order valence-electron chi connectivity index (χ4n) is 3.15. The van der Waals surface area contributed by atoms with Crippen molar-refractivity contribution in [1.29, 1.82) is 0 Å². The van der Waals surface area contributed by atoms with Crippen LogP contribution < -0.4 is 5.32 Å². The van der Waals surface area contributed by atoms with E-state index in [-0.39, 0.29) is 18.4 Å². The molecule has 1 heterocycles. The Morgan fingerprint density at radius 3 is 2.05 bits per heavy atom. The zero-order valence-electron chi connectivity index (χ0n) is 20.7. The van der Waals surface area contributed by atoms with Gasteiger partial charge >= 0.3 is 12.4 Å². The summed E-state index contributed by atoms with van der Waals surface area (Å²) in [6.45, 7) is 4.39. The molecule has 40 heavy (non-hydrogen) atoms. The van der Waals surface area contributed by atoms with Gasteiger partial charge in [-0.1, -0.05) is 79.0 Å². The second-order valence-electron chi connectivity index (χ2n) is 8.33. The number of amides is 1. The zero-order valence-corrected chi connectivity index (χ0v) is 25.1. The Hall–Kier alpha value is -0.715. The van der Waals surface area contributed by atoms with Crippen molar-refractivity contribution in [2.75, 3.05) is 6.61 Å². The van der Waals surface area contributed by atoms with Crippen molar-refractivity contribution in [3.8, 4) is 0 Å². The molecule has 1 aromatic carbocycles. The molecule has 5 unspecified atom stereocenters. The van der Waals surface area contributed by atoms with Crippen molar-refractivity contribution in [3.63, 3.8) is 0 Å². The lowest BCUT2D eigenvalue weighted by atomic mass is 9.82. The van der Waals surface area contributed by atoms with Gasteiger partial charge in [0.25, 0.3) is 15.2 Å². The smallest absolute Gasteiger partial charge is 0.374 e. The molecule has 1 aliphatic heterocycles. The first-order valence-electron chi connectivity index (χ1n) is 11.1. The number of nitrogens with one attached hydrogen (secondary N) is 1. The monoisotopic (exact) mass is 678 g/mol. The van der Waals surface area contributed by atoms with E-state index >= 15 is 0 Å². The first-order chi connectivity index (χ1) is 18.3. The maximum absolute atomic E-state index is 12.6. The molecule has 1 amide bonds. The van der Waals surface area contributed by atoms with Crippen LogP contribution in [0.2, 0.25) is 0 Å². The molecule has 7 nitrogen and oxygen atoms in total. The van der Waals surface area contributed by atoms with Crippen molar-refractivity contribution >= 4 is 76.8 Å². The molecule has 19 heteroatoms. The highest BCUT2D eigenvalue weighted by molar-refractivity contribution is 7.62. The SMILES string of the molecule is C[C@@H]1C(NC(=O)C(Cl)(Cl)Cl)C(OPC(=O)C(F)(F)F)OC(COCc2ccccc2)[C@@H]1C.O=C([B]P)C(F)(F)F. The molecule has 0 bridgehead atoms. The van der Waals surface area contributed by atoms with Crippen LogP contribution >= 0.6 is 52.7 Å². The predicted octanol–water partition coefficient (Wildman–Crippen LogP) is 5.32. The molecule has 7 atom stereocenters. The number of hydrogen-bond donors (Lipinski definition) is 1. The van der Waals surface area contributed by atoms with Crippen molar-refractivity contribution in [2.24, 2.45) is 11.8 Å². The highest BCUT2D eigenvalue weighted by Gasteiger charge is 2.47. The van der Waals surface area contributed by atoms with Crippen LogP contribution in [-0.4, -0.2) is 65.3 Å². The third-order valence-electron chi connectivity index (χ3n) is 5.49. The van der Waals surface area contributed by atoms with E-state index in [1.54, 1.807) is 16.0 Å². The third-order valence-corrected chi connectivity index (χ3v) is 7.13. The Morgan fingerprint density at radius 1 is 1.02 bits per heavy atom. The van der Waals surface area contributed by atoms with E-state index in [0.29, 0.717) is 13.6 Å². The molecule has 0 aromatic heterocycles. The Kier molecular flexibility index (Phi) is 15.1. The van der Waals surface area contributed by atoms with Crippen LogP contribution in [0.15, 0.2) is 30.3 Å². The molecule has 0 saturated carbocycles. The third kappa shape index (κ3) is 12.7. The second-order valence-corrected chi connectivity index (χ2v) is 11.8. The van der Waals surface area contributed by atoms with E-state index in [9.17, 15) is 40.7 Å². The standard InChI is InChI=1S/C19H22Cl3F3NO5P.C2H2BF3OP/c1-10-11(2)14(26-16(27)18(20,21)22)15(31-32-17(28)19(23,24)25)30-13(10)9-29-8-12-6-4-3-5-7-12;4-2(5,6)1(7)3-8/h3-7,10-11,13-15,32H,8-9H2,1-2H3,(H,26,27);8H2/t10-,11+,13?,14?,15?;/m1./s1. The molecule has 1 aliphatic rings. The van der Waals surface area contributed by atoms with Crippen LogP contribution in [0, 0.1) is 11.8 Å². The van der Waals surface area contributed by atoms with Crippen LogP contribution in [0.25, 0.3) is 0 Å². The first-order valence-corrected chi connectivity index (χ1v) is 13.8. The van der Waals surface area contributed by atoms with Crippen LogP contribution in [0.5, 0.6) is 0 Å². The van der Waals surface area contributed by atoms with Crippen LogP contribution in [0.3, 0.4) is 0 Å². The summed E-state index contributed by atoms with van der Waals surface area (Å²) in [5.41, 5.74) is -2.96. The van der Waals surface area contributed by atoms with E-state index in [1.165, 1.54) is 0 Å². The second kappa shape index (κ2) is 16.2. The largest absolute Gasteiger partial charge is 0.456 e. The average molecular weight is 680 g/mol. The molecule has 0 spiro atoms. The number of hydrogen-bond acceptors (Lipinski definition) is 6. The van der Waals surface area contributed by atoms with Gasteiger partial charge in [0, 0.05) is 0 Å². The molecular formula is C21H24BCl3F6NO6P2. The van der Waals surface area contributed by atoms with Gasteiger partial charge in [-0.15, -0.1) is 0 Å². The number of rotatable bonds is 9. The normalized spacial score (nSPS) is 23.8. The summed E-state index contributed by atoms with van der Waals surface area (Å²) in [7, 11) is 0.0157. The number of carbonyl (C=O) groups is 3. The van der Waals surface area contributed by atoms with Crippen LogP contribution in [-0.2, 0) is 35.0 Å². The fraction of sp³-hybridized carbons (Fsp3) is 0.571. The quantitative estimate of drug-likeness (QED) is 0.165. The number of carbonyl (C=O) groups excluding carboxylic acids is 3. The lowest BCUT2D eigenvalue weighted by Crippen LogP contribution is -2.59. The molecule has 1 N–H and O–H groups in total. The van der Waals surface area contributed by atoms with Gasteiger partial charge in [-0.3, -0.25) is 9.59 Å². The van der Waals surface area contributed by atoms with Gasteiger partial charge in [-0.2, -0.15) is 35.5 Å². The molecule has 1 radical (unpaired) electrons. The van der Waals surface area contributed by atoms with E-state index < -0.39 is 60.5 Å². The van der Waals surface area contributed by atoms with Crippen LogP contribution in [0.1, 0.15) is 19.4 Å². The molecule has 0 aliphatic carbocycles. The van der Waals surface area contributed by atoms with Crippen molar-refractivity contribution < 1.29 is 54.7 Å². The summed E-state index contributed by atoms with van der Waals surface area (Å²) < 4.78 is 85.3. The predicted molar refractivity (Wildman–Crippen MR) is 142 cm³/mol.